The highest BCUT2D eigenvalue weighted by Crippen LogP contribution is 2.41. The Morgan fingerprint density at radius 1 is 0.774 bits per heavy atom. The van der Waals surface area contributed by atoms with Crippen LogP contribution in [0.5, 0.6) is 0 Å². The van der Waals surface area contributed by atoms with Gasteiger partial charge in [0.2, 0.25) is 0 Å². The first-order valence-corrected chi connectivity index (χ1v) is 9.87. The van der Waals surface area contributed by atoms with Gasteiger partial charge in [-0.05, 0) is 40.6 Å². The summed E-state index contributed by atoms with van der Waals surface area (Å²) in [4.78, 5) is 0. The fourth-order valence-corrected chi connectivity index (χ4v) is 3.59. The largest absolute Gasteiger partial charge is 0.273 e. The van der Waals surface area contributed by atoms with E-state index in [1.807, 2.05) is 30.3 Å². The average molecular weight is 418 g/mol. The molecular weight excluding hydrogens is 400 g/mol. The number of rotatable bonds is 3. The molecule has 154 valence electrons. The lowest BCUT2D eigenvalue weighted by atomic mass is 9.88. The van der Waals surface area contributed by atoms with Gasteiger partial charge in [0, 0.05) is 28.7 Å². The Kier molecular flexibility index (Phi) is 5.52. The number of halogens is 4. The van der Waals surface area contributed by atoms with Gasteiger partial charge in [0.05, 0.1) is 0 Å². The number of fused-ring (bicyclic) bond motifs is 1. The average Bonchev–Trinajstić information content (AvgIpc) is 2.79. The van der Waals surface area contributed by atoms with Crippen LogP contribution in [-0.4, -0.2) is 0 Å². The van der Waals surface area contributed by atoms with Crippen LogP contribution in [-0.2, 0) is 5.92 Å². The smallest absolute Gasteiger partial charge is 0.204 e. The maximum absolute atomic E-state index is 14.8. The van der Waals surface area contributed by atoms with Gasteiger partial charge in [0.1, 0.15) is 0 Å². The zero-order valence-corrected chi connectivity index (χ0v) is 16.7. The van der Waals surface area contributed by atoms with E-state index in [0.717, 1.165) is 22.9 Å². The Morgan fingerprint density at radius 2 is 1.52 bits per heavy atom. The van der Waals surface area contributed by atoms with Gasteiger partial charge in [-0.1, -0.05) is 73.4 Å². The highest BCUT2D eigenvalue weighted by Gasteiger charge is 2.32. The van der Waals surface area contributed by atoms with Crippen molar-refractivity contribution in [3.05, 3.63) is 107 Å². The van der Waals surface area contributed by atoms with E-state index >= 15 is 0 Å². The summed E-state index contributed by atoms with van der Waals surface area (Å²) in [5.74, 6) is 0.871. The van der Waals surface area contributed by atoms with E-state index in [1.165, 1.54) is 19.1 Å². The summed E-state index contributed by atoms with van der Waals surface area (Å²) in [5, 5.41) is 1.68. The van der Waals surface area contributed by atoms with Crippen molar-refractivity contribution >= 4 is 10.8 Å². The Labute approximate surface area is 178 Å². The Hall–Kier alpha value is -3.58. The van der Waals surface area contributed by atoms with Gasteiger partial charge < -0.3 is 0 Å². The summed E-state index contributed by atoms with van der Waals surface area (Å²) in [5.41, 5.74) is 1.76. The summed E-state index contributed by atoms with van der Waals surface area (Å²) in [6.07, 6.45) is -0.329. The SMILES string of the molecule is CCC(F)(F)c1ccccc1-c1c(C#Cc2ccc(F)c(F)c2)ccc2ccccc12. The van der Waals surface area contributed by atoms with Crippen molar-refractivity contribution < 1.29 is 17.6 Å². The zero-order chi connectivity index (χ0) is 22.0. The molecule has 4 aromatic rings. The van der Waals surface area contributed by atoms with Crippen molar-refractivity contribution in [2.24, 2.45) is 0 Å². The van der Waals surface area contributed by atoms with Crippen LogP contribution < -0.4 is 0 Å². The van der Waals surface area contributed by atoms with Crippen molar-refractivity contribution in [1.82, 2.24) is 0 Å². The Bertz CT molecular complexity index is 1330. The first-order chi connectivity index (χ1) is 14.9. The highest BCUT2D eigenvalue weighted by atomic mass is 19.3. The van der Waals surface area contributed by atoms with E-state index in [0.29, 0.717) is 22.3 Å². The predicted octanol–water partition coefficient (Wildman–Crippen LogP) is 7.69. The van der Waals surface area contributed by atoms with E-state index in [2.05, 4.69) is 11.8 Å². The molecule has 0 spiro atoms. The molecule has 0 saturated heterocycles. The fourth-order valence-electron chi connectivity index (χ4n) is 3.59. The minimum absolute atomic E-state index is 0.0651. The van der Waals surface area contributed by atoms with Crippen LogP contribution >= 0.6 is 0 Å². The van der Waals surface area contributed by atoms with Crippen LogP contribution in [0.25, 0.3) is 21.9 Å². The molecule has 0 aromatic heterocycles. The molecule has 0 atom stereocenters. The van der Waals surface area contributed by atoms with E-state index in [9.17, 15) is 17.6 Å². The molecule has 0 unspecified atom stereocenters. The summed E-state index contributed by atoms with van der Waals surface area (Å²) in [6.45, 7) is 1.45. The summed E-state index contributed by atoms with van der Waals surface area (Å²) < 4.78 is 56.3. The topological polar surface area (TPSA) is 0 Å². The Morgan fingerprint density at radius 3 is 2.29 bits per heavy atom. The predicted molar refractivity (Wildman–Crippen MR) is 116 cm³/mol. The molecule has 0 nitrogen and oxygen atoms in total. The van der Waals surface area contributed by atoms with Gasteiger partial charge in [0.25, 0.3) is 5.92 Å². The number of hydrogen-bond acceptors (Lipinski definition) is 0. The van der Waals surface area contributed by atoms with Crippen LogP contribution in [0.2, 0.25) is 0 Å². The fraction of sp³-hybridized carbons (Fsp3) is 0.111. The molecule has 0 N–H and O–H groups in total. The van der Waals surface area contributed by atoms with E-state index in [4.69, 9.17) is 0 Å². The van der Waals surface area contributed by atoms with E-state index in [1.54, 1.807) is 24.3 Å². The van der Waals surface area contributed by atoms with Gasteiger partial charge >= 0.3 is 0 Å². The Balaban J connectivity index is 1.98. The number of hydrogen-bond donors (Lipinski definition) is 0. The monoisotopic (exact) mass is 418 g/mol. The molecule has 0 amide bonds. The second-order valence-corrected chi connectivity index (χ2v) is 7.19. The van der Waals surface area contributed by atoms with Gasteiger partial charge in [-0.25, -0.2) is 17.6 Å². The molecular formula is C27H18F4. The second kappa shape index (κ2) is 8.28. The van der Waals surface area contributed by atoms with Crippen molar-refractivity contribution in [3.8, 4) is 23.0 Å². The molecule has 31 heavy (non-hydrogen) atoms. The third-order valence-electron chi connectivity index (χ3n) is 5.22. The molecule has 0 aliphatic carbocycles. The van der Waals surface area contributed by atoms with Crippen LogP contribution in [0, 0.1) is 23.5 Å². The lowest BCUT2D eigenvalue weighted by Gasteiger charge is -2.20. The van der Waals surface area contributed by atoms with Gasteiger partial charge in [0.15, 0.2) is 11.6 Å². The molecule has 4 aromatic carbocycles. The second-order valence-electron chi connectivity index (χ2n) is 7.19. The molecule has 0 aliphatic rings. The van der Waals surface area contributed by atoms with Gasteiger partial charge in [-0.15, -0.1) is 0 Å². The maximum atomic E-state index is 14.8. The van der Waals surface area contributed by atoms with Crippen molar-refractivity contribution in [2.45, 2.75) is 19.3 Å². The highest BCUT2D eigenvalue weighted by molar-refractivity contribution is 6.00. The molecule has 0 heterocycles. The van der Waals surface area contributed by atoms with Crippen LogP contribution in [0.15, 0.2) is 78.9 Å². The number of benzene rings is 4. The minimum atomic E-state index is -3.00. The third kappa shape index (κ3) is 4.04. The molecule has 0 radical (unpaired) electrons. The third-order valence-corrected chi connectivity index (χ3v) is 5.22. The van der Waals surface area contributed by atoms with Crippen molar-refractivity contribution in [3.63, 3.8) is 0 Å². The molecule has 0 saturated carbocycles. The number of alkyl halides is 2. The summed E-state index contributed by atoms with van der Waals surface area (Å²) in [6, 6.07) is 21.0. The first kappa shape index (κ1) is 20.7. The van der Waals surface area contributed by atoms with Crippen LogP contribution in [0.1, 0.15) is 30.0 Å². The lowest BCUT2D eigenvalue weighted by molar-refractivity contribution is -0.00767. The summed E-state index contributed by atoms with van der Waals surface area (Å²) >= 11 is 0. The van der Waals surface area contributed by atoms with Gasteiger partial charge in [-0.3, -0.25) is 0 Å². The summed E-state index contributed by atoms with van der Waals surface area (Å²) in [7, 11) is 0. The minimum Gasteiger partial charge on any atom is -0.204 e. The molecule has 4 rings (SSSR count). The normalized spacial score (nSPS) is 11.3. The van der Waals surface area contributed by atoms with Crippen LogP contribution in [0.3, 0.4) is 0 Å². The van der Waals surface area contributed by atoms with Crippen LogP contribution in [0.4, 0.5) is 17.6 Å². The van der Waals surface area contributed by atoms with E-state index in [-0.39, 0.29) is 12.0 Å². The van der Waals surface area contributed by atoms with Crippen molar-refractivity contribution in [1.29, 1.82) is 0 Å². The molecule has 0 fully saturated rings. The zero-order valence-electron chi connectivity index (χ0n) is 16.7. The van der Waals surface area contributed by atoms with E-state index < -0.39 is 17.6 Å². The quantitative estimate of drug-likeness (QED) is 0.236. The van der Waals surface area contributed by atoms with Crippen molar-refractivity contribution in [2.75, 3.05) is 0 Å². The first-order valence-electron chi connectivity index (χ1n) is 9.87. The maximum Gasteiger partial charge on any atom is 0.273 e. The molecule has 0 aliphatic heterocycles. The lowest BCUT2D eigenvalue weighted by Crippen LogP contribution is -2.13. The molecule has 4 heteroatoms. The van der Waals surface area contributed by atoms with Gasteiger partial charge in [-0.2, -0.15) is 0 Å². The standard InChI is InChI=1S/C27H18F4/c1-2-27(30,31)23-10-6-5-9-22(23)26-20(15-14-19-7-3-4-8-21(19)26)13-11-18-12-16-24(28)25(29)17-18/h3-10,12,14-17H,2H2,1H3. The molecule has 0 bridgehead atoms.